The summed E-state index contributed by atoms with van der Waals surface area (Å²) in [6.07, 6.45) is 0.880. The van der Waals surface area contributed by atoms with Gasteiger partial charge in [-0.3, -0.25) is 4.72 Å². The molecule has 0 saturated heterocycles. The average Bonchev–Trinajstić information content (AvgIpc) is 2.66. The summed E-state index contributed by atoms with van der Waals surface area (Å²) < 4.78 is 16.4. The number of benzene rings is 2. The lowest BCUT2D eigenvalue weighted by atomic mass is 10.0. The fourth-order valence-electron chi connectivity index (χ4n) is 2.76. The van der Waals surface area contributed by atoms with Crippen molar-refractivity contribution in [3.63, 3.8) is 0 Å². The Balaban J connectivity index is 1.52. The van der Waals surface area contributed by atoms with Gasteiger partial charge in [-0.25, -0.2) is 9.37 Å². The second-order valence-electron chi connectivity index (χ2n) is 6.48. The molecule has 0 aliphatic heterocycles. The van der Waals surface area contributed by atoms with Crippen LogP contribution in [0.15, 0.2) is 53.4 Å². The van der Waals surface area contributed by atoms with Gasteiger partial charge in [-0.1, -0.05) is 24.3 Å². The molecule has 0 saturated carbocycles. The number of nitrogen functional groups attached to an aromatic ring is 1. The van der Waals surface area contributed by atoms with Gasteiger partial charge in [0.15, 0.2) is 0 Å². The second kappa shape index (κ2) is 9.52. The first-order valence-electron chi connectivity index (χ1n) is 9.13. The van der Waals surface area contributed by atoms with Gasteiger partial charge in [0.25, 0.3) is 0 Å². The highest BCUT2D eigenvalue weighted by Gasteiger charge is 2.08. The number of nitrogens with two attached hydrogens (primary N) is 1. The predicted molar refractivity (Wildman–Crippen MR) is 115 cm³/mol. The number of aromatic nitrogens is 2. The fraction of sp³-hybridized carbons (Fsp3) is 0.238. The van der Waals surface area contributed by atoms with Crippen molar-refractivity contribution in [3.8, 4) is 11.3 Å². The molecule has 146 valence electrons. The summed E-state index contributed by atoms with van der Waals surface area (Å²) in [4.78, 5) is 9.52. The van der Waals surface area contributed by atoms with Gasteiger partial charge in [0.05, 0.1) is 5.69 Å². The van der Waals surface area contributed by atoms with Gasteiger partial charge < -0.3 is 11.1 Å². The second-order valence-corrected chi connectivity index (χ2v) is 7.44. The molecule has 0 spiro atoms. The third-order valence-corrected chi connectivity index (χ3v) is 5.21. The highest BCUT2D eigenvalue weighted by atomic mass is 32.2. The smallest absolute Gasteiger partial charge is 0.222 e. The van der Waals surface area contributed by atoms with Gasteiger partial charge in [-0.05, 0) is 61.5 Å². The first-order chi connectivity index (χ1) is 13.5. The minimum Gasteiger partial charge on any atom is -0.370 e. The molecule has 4 N–H and O–H groups in total. The molecule has 7 heteroatoms. The SMILES string of the molecule is Cc1cccc(-c2cc(NCCCNSc3cccc(F)c3)nc(N)n2)c1C. The zero-order chi connectivity index (χ0) is 19.9. The number of nitrogens with zero attached hydrogens (tertiary/aromatic N) is 2. The van der Waals surface area contributed by atoms with Crippen LogP contribution in [0.1, 0.15) is 17.5 Å². The first-order valence-corrected chi connectivity index (χ1v) is 9.95. The van der Waals surface area contributed by atoms with Crippen molar-refractivity contribution in [2.24, 2.45) is 0 Å². The maximum absolute atomic E-state index is 13.1. The Kier molecular flexibility index (Phi) is 6.84. The molecule has 28 heavy (non-hydrogen) atoms. The third kappa shape index (κ3) is 5.43. The molecule has 0 bridgehead atoms. The van der Waals surface area contributed by atoms with E-state index in [1.807, 2.05) is 24.3 Å². The lowest BCUT2D eigenvalue weighted by Gasteiger charge is -2.11. The van der Waals surface area contributed by atoms with Gasteiger partial charge in [0, 0.05) is 29.6 Å². The number of halogens is 1. The average molecular weight is 398 g/mol. The molecule has 3 rings (SSSR count). The van der Waals surface area contributed by atoms with E-state index >= 15 is 0 Å². The molecule has 2 aromatic carbocycles. The Labute approximate surface area is 169 Å². The molecule has 1 aromatic heterocycles. The van der Waals surface area contributed by atoms with Crippen LogP contribution in [0, 0.1) is 19.7 Å². The summed E-state index contributed by atoms with van der Waals surface area (Å²) in [5.74, 6) is 0.733. The minimum absolute atomic E-state index is 0.227. The van der Waals surface area contributed by atoms with Crippen molar-refractivity contribution in [1.29, 1.82) is 0 Å². The normalized spacial score (nSPS) is 10.8. The summed E-state index contributed by atoms with van der Waals surface area (Å²) >= 11 is 1.42. The van der Waals surface area contributed by atoms with Crippen LogP contribution >= 0.6 is 11.9 Å². The van der Waals surface area contributed by atoms with Crippen LogP contribution in [0.3, 0.4) is 0 Å². The van der Waals surface area contributed by atoms with Gasteiger partial charge >= 0.3 is 0 Å². The van der Waals surface area contributed by atoms with E-state index in [4.69, 9.17) is 5.73 Å². The number of rotatable bonds is 8. The van der Waals surface area contributed by atoms with Crippen LogP contribution in [-0.2, 0) is 0 Å². The number of hydrogen-bond acceptors (Lipinski definition) is 6. The van der Waals surface area contributed by atoms with E-state index < -0.39 is 0 Å². The molecule has 0 atom stereocenters. The van der Waals surface area contributed by atoms with E-state index in [2.05, 4.69) is 39.9 Å². The number of nitrogens with one attached hydrogen (secondary N) is 2. The topological polar surface area (TPSA) is 75.9 Å². The van der Waals surface area contributed by atoms with Crippen LogP contribution in [0.4, 0.5) is 16.2 Å². The largest absolute Gasteiger partial charge is 0.370 e. The highest BCUT2D eigenvalue weighted by molar-refractivity contribution is 7.97. The Hall–Kier alpha value is -2.64. The predicted octanol–water partition coefficient (Wildman–Crippen LogP) is 4.58. The van der Waals surface area contributed by atoms with E-state index in [0.29, 0.717) is 5.82 Å². The Morgan fingerprint density at radius 3 is 2.68 bits per heavy atom. The molecule has 0 aliphatic carbocycles. The summed E-state index contributed by atoms with van der Waals surface area (Å²) in [7, 11) is 0. The highest BCUT2D eigenvalue weighted by Crippen LogP contribution is 2.26. The van der Waals surface area contributed by atoms with Crippen LogP contribution in [0.25, 0.3) is 11.3 Å². The Morgan fingerprint density at radius 2 is 1.86 bits per heavy atom. The molecule has 0 amide bonds. The lowest BCUT2D eigenvalue weighted by molar-refractivity contribution is 0.624. The van der Waals surface area contributed by atoms with Crippen molar-refractivity contribution in [2.45, 2.75) is 25.2 Å². The summed E-state index contributed by atoms with van der Waals surface area (Å²) in [6, 6.07) is 14.6. The zero-order valence-corrected chi connectivity index (χ0v) is 16.8. The van der Waals surface area contributed by atoms with Crippen LogP contribution < -0.4 is 15.8 Å². The van der Waals surface area contributed by atoms with E-state index in [1.54, 1.807) is 6.07 Å². The fourth-order valence-corrected chi connectivity index (χ4v) is 3.50. The maximum Gasteiger partial charge on any atom is 0.222 e. The first kappa shape index (κ1) is 20.1. The summed E-state index contributed by atoms with van der Waals surface area (Å²) in [6.45, 7) is 5.67. The van der Waals surface area contributed by atoms with E-state index in [-0.39, 0.29) is 11.8 Å². The maximum atomic E-state index is 13.1. The molecule has 0 unspecified atom stereocenters. The minimum atomic E-state index is -0.227. The molecular formula is C21H24FN5S. The van der Waals surface area contributed by atoms with Gasteiger partial charge in [0.2, 0.25) is 5.95 Å². The summed E-state index contributed by atoms with van der Waals surface area (Å²) in [5.41, 5.74) is 10.2. The quantitative estimate of drug-likeness (QED) is 0.382. The van der Waals surface area contributed by atoms with E-state index in [9.17, 15) is 4.39 Å². The Morgan fingerprint density at radius 1 is 1.04 bits per heavy atom. The van der Waals surface area contributed by atoms with Crippen LogP contribution in [0.2, 0.25) is 0 Å². The standard InChI is InChI=1S/C21H24FN5S/c1-14-6-3-9-18(15(14)2)19-13-20(27-21(23)26-19)24-10-5-11-25-28-17-8-4-7-16(22)12-17/h3-4,6-9,12-13,25H,5,10-11H2,1-2H3,(H3,23,24,26,27). The van der Waals surface area contributed by atoms with Gasteiger partial charge in [-0.15, -0.1) is 0 Å². The van der Waals surface area contributed by atoms with Crippen molar-refractivity contribution in [3.05, 3.63) is 65.5 Å². The zero-order valence-electron chi connectivity index (χ0n) is 16.0. The monoisotopic (exact) mass is 397 g/mol. The molecule has 0 aliphatic rings. The number of aryl methyl sites for hydroxylation is 1. The van der Waals surface area contributed by atoms with Crippen molar-refractivity contribution in [1.82, 2.24) is 14.7 Å². The molecular weight excluding hydrogens is 373 g/mol. The molecule has 3 aromatic rings. The van der Waals surface area contributed by atoms with Crippen molar-refractivity contribution >= 4 is 23.7 Å². The number of anilines is 2. The number of hydrogen-bond donors (Lipinski definition) is 3. The van der Waals surface area contributed by atoms with E-state index in [0.717, 1.165) is 35.7 Å². The molecule has 5 nitrogen and oxygen atoms in total. The van der Waals surface area contributed by atoms with E-state index in [1.165, 1.54) is 35.2 Å². The molecule has 0 fully saturated rings. The van der Waals surface area contributed by atoms with Crippen LogP contribution in [-0.4, -0.2) is 23.1 Å². The molecule has 1 heterocycles. The van der Waals surface area contributed by atoms with Crippen molar-refractivity contribution in [2.75, 3.05) is 24.1 Å². The Bertz CT molecular complexity index is 948. The van der Waals surface area contributed by atoms with Gasteiger partial charge in [0.1, 0.15) is 11.6 Å². The molecule has 0 radical (unpaired) electrons. The van der Waals surface area contributed by atoms with Crippen LogP contribution in [0.5, 0.6) is 0 Å². The van der Waals surface area contributed by atoms with Gasteiger partial charge in [-0.2, -0.15) is 4.98 Å². The third-order valence-electron chi connectivity index (χ3n) is 4.37. The lowest BCUT2D eigenvalue weighted by Crippen LogP contribution is -2.12. The van der Waals surface area contributed by atoms with Crippen molar-refractivity contribution < 1.29 is 4.39 Å². The summed E-state index contributed by atoms with van der Waals surface area (Å²) in [5, 5.41) is 3.30.